The van der Waals surface area contributed by atoms with Crippen molar-refractivity contribution in [2.45, 2.75) is 18.6 Å². The average Bonchev–Trinajstić information content (AvgIpc) is 3.14. The Balaban J connectivity index is 1.85. The number of hydrogen-bond acceptors (Lipinski definition) is 8. The van der Waals surface area contributed by atoms with Gasteiger partial charge in [-0.1, -0.05) is 13.0 Å². The zero-order chi connectivity index (χ0) is 15.5. The molecule has 1 aliphatic rings. The van der Waals surface area contributed by atoms with Gasteiger partial charge in [0.2, 0.25) is 12.7 Å². The van der Waals surface area contributed by atoms with E-state index in [-0.39, 0.29) is 16.9 Å². The first kappa shape index (κ1) is 14.5. The molecule has 2 heterocycles. The standard InChI is InChI=1S/C14H12N2O5S/c1-2-12-15-16-14(21-12)22-11(13(17)18)6-8-3-4-9-10(5-8)20-7-19-9/h3-6H,2,7H2,1H3,(H,17,18)/p-1/b11-6-. The van der Waals surface area contributed by atoms with Crippen LogP contribution in [0.25, 0.3) is 6.08 Å². The third-order valence-electron chi connectivity index (χ3n) is 2.84. The van der Waals surface area contributed by atoms with Crippen molar-refractivity contribution < 1.29 is 23.8 Å². The molecule has 0 atom stereocenters. The Morgan fingerprint density at radius 1 is 1.36 bits per heavy atom. The first-order valence-electron chi connectivity index (χ1n) is 6.48. The van der Waals surface area contributed by atoms with Crippen LogP contribution in [0.4, 0.5) is 0 Å². The molecule has 0 N–H and O–H groups in total. The number of carbonyl (C=O) groups is 1. The number of benzene rings is 1. The number of aliphatic carboxylic acids is 1. The van der Waals surface area contributed by atoms with Gasteiger partial charge in [-0.3, -0.25) is 0 Å². The van der Waals surface area contributed by atoms with E-state index in [0.717, 1.165) is 11.8 Å². The van der Waals surface area contributed by atoms with Gasteiger partial charge in [0.15, 0.2) is 11.5 Å². The van der Waals surface area contributed by atoms with E-state index in [1.54, 1.807) is 18.2 Å². The number of hydrogen-bond donors (Lipinski definition) is 0. The van der Waals surface area contributed by atoms with Crippen LogP contribution >= 0.6 is 11.8 Å². The number of rotatable bonds is 5. The zero-order valence-corrected chi connectivity index (χ0v) is 12.4. The molecule has 0 saturated carbocycles. The number of carbonyl (C=O) groups excluding carboxylic acids is 1. The van der Waals surface area contributed by atoms with Gasteiger partial charge in [0, 0.05) is 11.3 Å². The Hall–Kier alpha value is -2.48. The van der Waals surface area contributed by atoms with Gasteiger partial charge < -0.3 is 23.8 Å². The van der Waals surface area contributed by atoms with Crippen LogP contribution < -0.4 is 14.6 Å². The van der Waals surface area contributed by atoms with E-state index < -0.39 is 5.97 Å². The number of aryl methyl sites for hydroxylation is 1. The highest BCUT2D eigenvalue weighted by molar-refractivity contribution is 8.03. The zero-order valence-electron chi connectivity index (χ0n) is 11.6. The second-order valence-electron chi connectivity index (χ2n) is 4.33. The number of carboxylic acid groups (broad SMARTS) is 1. The van der Waals surface area contributed by atoms with Crippen LogP contribution in [0.5, 0.6) is 11.5 Å². The van der Waals surface area contributed by atoms with E-state index in [0.29, 0.717) is 29.4 Å². The van der Waals surface area contributed by atoms with Crippen molar-refractivity contribution in [1.82, 2.24) is 10.2 Å². The van der Waals surface area contributed by atoms with Gasteiger partial charge in [0.1, 0.15) is 0 Å². The number of fused-ring (bicyclic) bond motifs is 1. The molecule has 1 aliphatic heterocycles. The number of aromatic nitrogens is 2. The molecule has 22 heavy (non-hydrogen) atoms. The normalized spacial score (nSPS) is 13.4. The molecule has 0 unspecified atom stereocenters. The minimum Gasteiger partial charge on any atom is -0.544 e. The summed E-state index contributed by atoms with van der Waals surface area (Å²) in [7, 11) is 0. The number of thioether (sulfide) groups is 1. The summed E-state index contributed by atoms with van der Waals surface area (Å²) in [6.07, 6.45) is 2.04. The quantitative estimate of drug-likeness (QED) is 0.600. The van der Waals surface area contributed by atoms with Crippen LogP contribution in [-0.2, 0) is 11.2 Å². The Morgan fingerprint density at radius 2 is 2.18 bits per heavy atom. The molecule has 8 heteroatoms. The SMILES string of the molecule is CCc1nnc(S/C(=C\c2ccc3c(c2)OCO3)C(=O)[O-])o1. The summed E-state index contributed by atoms with van der Waals surface area (Å²) in [5.41, 5.74) is 0.645. The topological polar surface area (TPSA) is 97.5 Å². The summed E-state index contributed by atoms with van der Waals surface area (Å²) in [6.45, 7) is 2.02. The number of ether oxygens (including phenoxy) is 2. The van der Waals surface area contributed by atoms with Gasteiger partial charge in [-0.15, -0.1) is 10.2 Å². The van der Waals surface area contributed by atoms with E-state index in [2.05, 4.69) is 10.2 Å². The monoisotopic (exact) mass is 319 g/mol. The van der Waals surface area contributed by atoms with Crippen LogP contribution in [0.1, 0.15) is 18.4 Å². The third-order valence-corrected chi connectivity index (χ3v) is 3.69. The van der Waals surface area contributed by atoms with Gasteiger partial charge in [-0.25, -0.2) is 0 Å². The molecule has 0 amide bonds. The maximum atomic E-state index is 11.3. The van der Waals surface area contributed by atoms with E-state index in [4.69, 9.17) is 13.9 Å². The lowest BCUT2D eigenvalue weighted by molar-refractivity contribution is -0.298. The van der Waals surface area contributed by atoms with Gasteiger partial charge in [-0.2, -0.15) is 0 Å². The summed E-state index contributed by atoms with van der Waals surface area (Å²) in [5.74, 6) is 0.328. The molecule has 3 rings (SSSR count). The Morgan fingerprint density at radius 3 is 2.91 bits per heavy atom. The highest BCUT2D eigenvalue weighted by atomic mass is 32.2. The fourth-order valence-corrected chi connectivity index (χ4v) is 2.49. The molecule has 1 aromatic carbocycles. The van der Waals surface area contributed by atoms with Gasteiger partial charge in [0.05, 0.1) is 5.97 Å². The van der Waals surface area contributed by atoms with Crippen molar-refractivity contribution >= 4 is 23.8 Å². The second kappa shape index (κ2) is 6.10. The summed E-state index contributed by atoms with van der Waals surface area (Å²) in [6, 6.07) is 5.13. The second-order valence-corrected chi connectivity index (χ2v) is 5.32. The molecule has 0 aliphatic carbocycles. The van der Waals surface area contributed by atoms with Crippen molar-refractivity contribution in [3.05, 3.63) is 34.6 Å². The van der Waals surface area contributed by atoms with Crippen molar-refractivity contribution in [2.75, 3.05) is 6.79 Å². The maximum absolute atomic E-state index is 11.3. The average molecular weight is 319 g/mol. The van der Waals surface area contributed by atoms with Crippen molar-refractivity contribution in [1.29, 1.82) is 0 Å². The van der Waals surface area contributed by atoms with E-state index in [1.807, 2.05) is 6.92 Å². The molecule has 0 saturated heterocycles. The number of nitrogens with zero attached hydrogens (tertiary/aromatic N) is 2. The van der Waals surface area contributed by atoms with Crippen molar-refractivity contribution in [3.63, 3.8) is 0 Å². The van der Waals surface area contributed by atoms with Gasteiger partial charge in [0.25, 0.3) is 5.22 Å². The largest absolute Gasteiger partial charge is 0.544 e. The highest BCUT2D eigenvalue weighted by Gasteiger charge is 2.14. The molecule has 0 radical (unpaired) electrons. The summed E-state index contributed by atoms with van der Waals surface area (Å²) in [4.78, 5) is 11.2. The number of carboxylic acids is 1. The van der Waals surface area contributed by atoms with E-state index in [1.165, 1.54) is 6.08 Å². The first-order valence-corrected chi connectivity index (χ1v) is 7.30. The molecule has 7 nitrogen and oxygen atoms in total. The molecular formula is C14H11N2O5S-. The molecule has 2 aromatic rings. The van der Waals surface area contributed by atoms with E-state index >= 15 is 0 Å². The summed E-state index contributed by atoms with van der Waals surface area (Å²) >= 11 is 0.848. The van der Waals surface area contributed by atoms with E-state index in [9.17, 15) is 9.90 Å². The molecular weight excluding hydrogens is 308 g/mol. The highest BCUT2D eigenvalue weighted by Crippen LogP contribution is 2.34. The van der Waals surface area contributed by atoms with Gasteiger partial charge in [-0.05, 0) is 35.5 Å². The lowest BCUT2D eigenvalue weighted by Gasteiger charge is -2.06. The molecule has 114 valence electrons. The third kappa shape index (κ3) is 3.06. The van der Waals surface area contributed by atoms with Crippen LogP contribution in [0, 0.1) is 0 Å². The van der Waals surface area contributed by atoms with Crippen LogP contribution in [0.15, 0.2) is 32.7 Å². The summed E-state index contributed by atoms with van der Waals surface area (Å²) in [5, 5.41) is 19.0. The predicted molar refractivity (Wildman–Crippen MR) is 75.1 cm³/mol. The maximum Gasteiger partial charge on any atom is 0.281 e. The minimum absolute atomic E-state index is 0.0369. The Kier molecular flexibility index (Phi) is 4.01. The lowest BCUT2D eigenvalue weighted by atomic mass is 10.2. The summed E-state index contributed by atoms with van der Waals surface area (Å²) < 4.78 is 15.8. The Labute approximate surface area is 129 Å². The first-order chi connectivity index (χ1) is 10.7. The fourth-order valence-electron chi connectivity index (χ4n) is 1.80. The molecule has 1 aromatic heterocycles. The Bertz CT molecular complexity index is 741. The van der Waals surface area contributed by atoms with Crippen LogP contribution in [-0.4, -0.2) is 23.0 Å². The van der Waals surface area contributed by atoms with Crippen LogP contribution in [0.2, 0.25) is 0 Å². The smallest absolute Gasteiger partial charge is 0.281 e. The molecule has 0 bridgehead atoms. The van der Waals surface area contributed by atoms with Gasteiger partial charge >= 0.3 is 0 Å². The molecule has 0 fully saturated rings. The fraction of sp³-hybridized carbons (Fsp3) is 0.214. The lowest BCUT2D eigenvalue weighted by Crippen LogP contribution is -2.23. The van der Waals surface area contributed by atoms with Crippen molar-refractivity contribution in [3.8, 4) is 11.5 Å². The van der Waals surface area contributed by atoms with Crippen LogP contribution in [0.3, 0.4) is 0 Å². The minimum atomic E-state index is -1.32. The van der Waals surface area contributed by atoms with Crippen molar-refractivity contribution in [2.24, 2.45) is 0 Å². The molecule has 0 spiro atoms. The predicted octanol–water partition coefficient (Wildman–Crippen LogP) is 1.24.